The highest BCUT2D eigenvalue weighted by molar-refractivity contribution is 5.95. The number of hydrogen-bond donors (Lipinski definition) is 10. The summed E-state index contributed by atoms with van der Waals surface area (Å²) in [5.41, 5.74) is 17.0. The van der Waals surface area contributed by atoms with Gasteiger partial charge in [0.2, 0.25) is 23.6 Å². The lowest BCUT2D eigenvalue weighted by Gasteiger charge is -2.27. The number of nitrogens with one attached hydrogen (secondary N) is 5. The largest absolute Gasteiger partial charge is 0.508 e. The van der Waals surface area contributed by atoms with Crippen molar-refractivity contribution in [3.8, 4) is 5.75 Å². The molecule has 216 valence electrons. The van der Waals surface area contributed by atoms with Gasteiger partial charge < -0.3 is 48.7 Å². The van der Waals surface area contributed by atoms with Crippen LogP contribution in [0.15, 0.2) is 24.3 Å². The zero-order valence-electron chi connectivity index (χ0n) is 21.9. The van der Waals surface area contributed by atoms with Crippen LogP contribution in [-0.4, -0.2) is 76.5 Å². The monoisotopic (exact) mass is 550 g/mol. The highest BCUT2D eigenvalue weighted by Crippen LogP contribution is 2.12. The number of phenols is 1. The zero-order chi connectivity index (χ0) is 29.7. The Balaban J connectivity index is 3.00. The van der Waals surface area contributed by atoms with Crippen LogP contribution < -0.4 is 38.5 Å². The number of aliphatic carboxylic acids is 1. The maximum Gasteiger partial charge on any atom is 0.305 e. The van der Waals surface area contributed by atoms with Crippen molar-refractivity contribution in [3.63, 3.8) is 0 Å². The topological polar surface area (TPSA) is 276 Å². The molecule has 0 aromatic heterocycles. The van der Waals surface area contributed by atoms with Crippen LogP contribution in [0.1, 0.15) is 38.7 Å². The molecule has 0 saturated heterocycles. The van der Waals surface area contributed by atoms with Gasteiger partial charge in [0.25, 0.3) is 0 Å². The summed E-state index contributed by atoms with van der Waals surface area (Å²) in [5.74, 6) is -5.09. The highest BCUT2D eigenvalue weighted by atomic mass is 16.4. The van der Waals surface area contributed by atoms with E-state index in [1.165, 1.54) is 12.1 Å². The van der Waals surface area contributed by atoms with E-state index >= 15 is 0 Å². The van der Waals surface area contributed by atoms with Crippen LogP contribution in [0.5, 0.6) is 5.75 Å². The molecule has 0 bridgehead atoms. The maximum atomic E-state index is 13.1. The molecule has 13 N–H and O–H groups in total. The Morgan fingerprint density at radius 3 is 2.03 bits per heavy atom. The van der Waals surface area contributed by atoms with Gasteiger partial charge in [0.15, 0.2) is 5.96 Å². The number of nitrogens with two attached hydrogens (primary N) is 3. The molecule has 15 heteroatoms. The molecule has 0 spiro atoms. The quantitative estimate of drug-likeness (QED) is 0.0591. The summed E-state index contributed by atoms with van der Waals surface area (Å²) in [4.78, 5) is 61.6. The van der Waals surface area contributed by atoms with E-state index in [1.54, 1.807) is 26.0 Å². The lowest BCUT2D eigenvalue weighted by atomic mass is 10.00. The standard InChI is InChI=1S/C24H38N8O7/c1-12(2)19(23(39)31-17(20(26)36)10-13-5-7-14(33)8-6-13)32-22(38)16(4-3-9-29-24(27)28)30-21(37)15(25)11-18(34)35/h5-8,12,15-17,19,33H,3-4,9-11,25H2,1-2H3,(H2,26,36)(H,30,37)(H,31,39)(H,32,38)(H,34,35)(H4,27,28,29)/t15-,16+,17+,19+/m1/s1. The van der Waals surface area contributed by atoms with Gasteiger partial charge in [-0.2, -0.15) is 0 Å². The number of carbonyl (C=O) groups is 5. The molecule has 0 unspecified atom stereocenters. The van der Waals surface area contributed by atoms with Gasteiger partial charge in [0.1, 0.15) is 23.9 Å². The molecule has 0 fully saturated rings. The average molecular weight is 551 g/mol. The first-order valence-electron chi connectivity index (χ1n) is 12.2. The molecule has 1 aromatic rings. The fraction of sp³-hybridized carbons (Fsp3) is 0.500. The lowest BCUT2D eigenvalue weighted by Crippen LogP contribution is -2.59. The third-order valence-corrected chi connectivity index (χ3v) is 5.63. The Bertz CT molecular complexity index is 1030. The third-order valence-electron chi connectivity index (χ3n) is 5.63. The van der Waals surface area contributed by atoms with E-state index in [1.807, 2.05) is 0 Å². The number of rotatable bonds is 16. The number of aromatic hydroxyl groups is 1. The van der Waals surface area contributed by atoms with Crippen LogP contribution in [0.2, 0.25) is 0 Å². The number of benzene rings is 1. The van der Waals surface area contributed by atoms with E-state index in [4.69, 9.17) is 27.7 Å². The smallest absolute Gasteiger partial charge is 0.305 e. The molecule has 0 radical (unpaired) electrons. The number of hydrogen-bond acceptors (Lipinski definition) is 8. The van der Waals surface area contributed by atoms with Gasteiger partial charge in [-0.15, -0.1) is 0 Å². The van der Waals surface area contributed by atoms with Crippen molar-refractivity contribution in [2.24, 2.45) is 23.1 Å². The van der Waals surface area contributed by atoms with Gasteiger partial charge in [0.05, 0.1) is 12.5 Å². The fourth-order valence-electron chi connectivity index (χ4n) is 3.50. The van der Waals surface area contributed by atoms with Crippen molar-refractivity contribution < 1.29 is 34.2 Å². The molecule has 15 nitrogen and oxygen atoms in total. The van der Waals surface area contributed by atoms with Gasteiger partial charge in [-0.3, -0.25) is 29.4 Å². The predicted octanol–water partition coefficient (Wildman–Crippen LogP) is -2.40. The molecule has 0 aliphatic heterocycles. The SMILES string of the molecule is CC(C)[C@H](NC(=O)[C@H](CCCNC(=N)N)NC(=O)[C@H](N)CC(=O)O)C(=O)N[C@@H](Cc1ccc(O)cc1)C(N)=O. The van der Waals surface area contributed by atoms with Crippen LogP contribution in [0.3, 0.4) is 0 Å². The second-order valence-corrected chi connectivity index (χ2v) is 9.31. The van der Waals surface area contributed by atoms with Gasteiger partial charge in [-0.05, 0) is 36.5 Å². The number of phenolic OH excluding ortho intramolecular Hbond substituents is 1. The van der Waals surface area contributed by atoms with Crippen molar-refractivity contribution in [2.75, 3.05) is 6.54 Å². The van der Waals surface area contributed by atoms with Crippen molar-refractivity contribution >= 4 is 35.6 Å². The second kappa shape index (κ2) is 15.8. The highest BCUT2D eigenvalue weighted by Gasteiger charge is 2.31. The van der Waals surface area contributed by atoms with Gasteiger partial charge >= 0.3 is 5.97 Å². The molecule has 4 amide bonds. The molecule has 0 aliphatic rings. The van der Waals surface area contributed by atoms with Crippen molar-refractivity contribution in [3.05, 3.63) is 29.8 Å². The Hall–Kier alpha value is -4.40. The summed E-state index contributed by atoms with van der Waals surface area (Å²) in [5, 5.41) is 35.6. The first-order valence-corrected chi connectivity index (χ1v) is 12.2. The molecule has 39 heavy (non-hydrogen) atoms. The predicted molar refractivity (Wildman–Crippen MR) is 141 cm³/mol. The number of guanidine groups is 1. The third kappa shape index (κ3) is 12.1. The lowest BCUT2D eigenvalue weighted by molar-refractivity contribution is -0.140. The summed E-state index contributed by atoms with van der Waals surface area (Å²) in [6, 6.07) is 1.16. The van der Waals surface area contributed by atoms with E-state index in [9.17, 15) is 29.1 Å². The van der Waals surface area contributed by atoms with E-state index in [-0.39, 0.29) is 37.5 Å². The Morgan fingerprint density at radius 2 is 1.51 bits per heavy atom. The molecule has 0 aliphatic carbocycles. The molecule has 4 atom stereocenters. The molecule has 1 rings (SSSR count). The maximum absolute atomic E-state index is 13.1. The van der Waals surface area contributed by atoms with Crippen LogP contribution in [0, 0.1) is 11.3 Å². The number of carboxylic acid groups (broad SMARTS) is 1. The Morgan fingerprint density at radius 1 is 0.923 bits per heavy atom. The van der Waals surface area contributed by atoms with Crippen LogP contribution >= 0.6 is 0 Å². The Kier molecular flexibility index (Phi) is 13.2. The van der Waals surface area contributed by atoms with Crippen molar-refractivity contribution in [2.45, 2.75) is 63.7 Å². The molecule has 1 aromatic carbocycles. The fourth-order valence-corrected chi connectivity index (χ4v) is 3.50. The number of primary amides is 1. The summed E-state index contributed by atoms with van der Waals surface area (Å²) < 4.78 is 0. The van der Waals surface area contributed by atoms with E-state index in [0.717, 1.165) is 0 Å². The summed E-state index contributed by atoms with van der Waals surface area (Å²) in [6.45, 7) is 3.54. The minimum absolute atomic E-state index is 0.0311. The first-order chi connectivity index (χ1) is 18.2. The summed E-state index contributed by atoms with van der Waals surface area (Å²) >= 11 is 0. The van der Waals surface area contributed by atoms with Crippen LogP contribution in [0.25, 0.3) is 0 Å². The number of carboxylic acids is 1. The Labute approximate surface area is 225 Å². The normalized spacial score (nSPS) is 13.8. The first kappa shape index (κ1) is 32.6. The van der Waals surface area contributed by atoms with E-state index < -0.39 is 66.1 Å². The van der Waals surface area contributed by atoms with Crippen LogP contribution in [0.4, 0.5) is 0 Å². The molecular weight excluding hydrogens is 512 g/mol. The van der Waals surface area contributed by atoms with Gasteiger partial charge in [-0.25, -0.2) is 0 Å². The minimum atomic E-state index is -1.41. The van der Waals surface area contributed by atoms with E-state index in [0.29, 0.717) is 5.56 Å². The number of carbonyl (C=O) groups excluding carboxylic acids is 4. The molecule has 0 heterocycles. The minimum Gasteiger partial charge on any atom is -0.508 e. The van der Waals surface area contributed by atoms with Crippen LogP contribution in [-0.2, 0) is 30.4 Å². The van der Waals surface area contributed by atoms with E-state index in [2.05, 4.69) is 21.3 Å². The summed E-state index contributed by atoms with van der Waals surface area (Å²) in [7, 11) is 0. The summed E-state index contributed by atoms with van der Waals surface area (Å²) in [6.07, 6.45) is -0.280. The average Bonchev–Trinajstić information content (AvgIpc) is 2.83. The number of amides is 4. The molecule has 0 saturated carbocycles. The van der Waals surface area contributed by atoms with Crippen molar-refractivity contribution in [1.29, 1.82) is 5.41 Å². The van der Waals surface area contributed by atoms with Gasteiger partial charge in [-0.1, -0.05) is 26.0 Å². The zero-order valence-corrected chi connectivity index (χ0v) is 21.9. The second-order valence-electron chi connectivity index (χ2n) is 9.31. The van der Waals surface area contributed by atoms with Gasteiger partial charge in [0, 0.05) is 13.0 Å². The molecular formula is C24H38N8O7. The van der Waals surface area contributed by atoms with Crippen molar-refractivity contribution in [1.82, 2.24) is 21.3 Å².